The van der Waals surface area contributed by atoms with Gasteiger partial charge in [0.05, 0.1) is 9.79 Å². The molecule has 1 aromatic carbocycles. The van der Waals surface area contributed by atoms with Crippen LogP contribution >= 0.6 is 0 Å². The Morgan fingerprint density at radius 2 is 1.09 bits per heavy atom. The van der Waals surface area contributed by atoms with E-state index in [4.69, 9.17) is 0 Å². The molecule has 0 fully saturated rings. The number of hydrogen-bond acceptors (Lipinski definition) is 5. The number of ketones is 1. The quantitative estimate of drug-likeness (QED) is 0.312. The van der Waals surface area contributed by atoms with Crippen molar-refractivity contribution in [3.63, 3.8) is 0 Å². The molecule has 0 spiro atoms. The number of benzene rings is 1. The average Bonchev–Trinajstić information content (AvgIpc) is 2.63. The first kappa shape index (κ1) is 31.4. The van der Waals surface area contributed by atoms with Gasteiger partial charge < -0.3 is 0 Å². The molecule has 0 aliphatic rings. The summed E-state index contributed by atoms with van der Waals surface area (Å²) >= 11 is 0. The van der Waals surface area contributed by atoms with Crippen molar-refractivity contribution in [3.05, 3.63) is 23.8 Å². The summed E-state index contributed by atoms with van der Waals surface area (Å²) in [6, 6.07) is -1.16. The summed E-state index contributed by atoms with van der Waals surface area (Å²) in [5.41, 5.74) is -1.56. The molecule has 1 aromatic rings. The second kappa shape index (κ2) is 10.4. The maximum Gasteiger partial charge on any atom is 0.461 e. The van der Waals surface area contributed by atoms with Gasteiger partial charge in [0, 0.05) is 29.7 Å². The van der Waals surface area contributed by atoms with E-state index in [1.807, 2.05) is 0 Å². The van der Waals surface area contributed by atoms with E-state index in [0.29, 0.717) is 6.07 Å². The van der Waals surface area contributed by atoms with Gasteiger partial charge in [-0.3, -0.25) is 4.79 Å². The number of carbonyl (C=O) groups excluding carboxylic acids is 1. The summed E-state index contributed by atoms with van der Waals surface area (Å²) in [5.74, 6) is -8.83. The second-order valence-electron chi connectivity index (χ2n) is 9.10. The molecule has 0 heterocycles. The highest BCUT2D eigenvalue weighted by molar-refractivity contribution is 7.89. The van der Waals surface area contributed by atoms with E-state index in [-0.39, 0.29) is 6.07 Å². The second-order valence-corrected chi connectivity index (χ2v) is 12.8. The van der Waals surface area contributed by atoms with Gasteiger partial charge in [0.25, 0.3) is 0 Å². The highest BCUT2D eigenvalue weighted by Gasteiger charge is 2.64. The topological polar surface area (TPSA) is 91.8 Å². The lowest BCUT2D eigenvalue weighted by molar-refractivity contribution is -0.255. The lowest BCUT2D eigenvalue weighted by Gasteiger charge is -2.31. The van der Waals surface area contributed by atoms with Crippen LogP contribution in [0.1, 0.15) is 65.7 Å². The monoisotopic (exact) mass is 550 g/mol. The number of nitrogens with zero attached hydrogens (tertiary/aromatic N) is 2. The molecule has 0 aromatic heterocycles. The molecule has 0 bridgehead atoms. The Labute approximate surface area is 203 Å². The normalized spacial score (nSPS) is 14.3. The Balaban J connectivity index is 4.09. The van der Waals surface area contributed by atoms with E-state index in [1.54, 1.807) is 0 Å². The van der Waals surface area contributed by atoms with E-state index < -0.39 is 77.5 Å². The summed E-state index contributed by atoms with van der Waals surface area (Å²) in [7, 11) is -9.30. The molecule has 0 saturated heterocycles. The van der Waals surface area contributed by atoms with Crippen molar-refractivity contribution >= 4 is 25.8 Å². The van der Waals surface area contributed by atoms with Crippen LogP contribution in [-0.2, 0) is 20.0 Å². The van der Waals surface area contributed by atoms with E-state index in [9.17, 15) is 43.6 Å². The molecule has 1 rings (SSSR count). The van der Waals surface area contributed by atoms with Crippen LogP contribution < -0.4 is 0 Å². The van der Waals surface area contributed by atoms with Gasteiger partial charge in [-0.25, -0.2) is 16.8 Å². The maximum atomic E-state index is 14.1. The van der Waals surface area contributed by atoms with Crippen molar-refractivity contribution < 1.29 is 43.6 Å². The average molecular weight is 551 g/mol. The predicted octanol–water partition coefficient (Wildman–Crippen LogP) is 4.68. The minimum Gasteiger partial charge on any atom is -0.287 e. The van der Waals surface area contributed by atoms with Gasteiger partial charge in [-0.1, -0.05) is 0 Å². The van der Waals surface area contributed by atoms with Gasteiger partial charge in [-0.15, -0.1) is 0 Å². The first-order valence-electron chi connectivity index (χ1n) is 10.7. The zero-order chi connectivity index (χ0) is 27.9. The van der Waals surface area contributed by atoms with E-state index >= 15 is 0 Å². The van der Waals surface area contributed by atoms with Crippen molar-refractivity contribution in [3.8, 4) is 0 Å². The minimum atomic E-state index is -6.34. The molecule has 0 radical (unpaired) electrons. The maximum absolute atomic E-state index is 14.1. The number of carbonyl (C=O) groups is 1. The minimum absolute atomic E-state index is 0.279. The zero-order valence-electron chi connectivity index (χ0n) is 20.7. The molecule has 202 valence electrons. The molecule has 0 unspecified atom stereocenters. The molecule has 35 heavy (non-hydrogen) atoms. The van der Waals surface area contributed by atoms with Gasteiger partial charge in [-0.2, -0.15) is 30.6 Å². The number of sulfonamides is 2. The SMILES string of the molecule is CC(C)N(C(C)C)S(=O)(=O)c1ccc(S(=O)(=O)N(C(C)C)C(C)C)c(C(=O)C(F)(F)C(F)(F)F)c1. The Bertz CT molecular complexity index is 1130. The third-order valence-corrected chi connectivity index (χ3v) is 9.56. The number of Topliss-reactive ketones (excluding diaryl/α,β-unsaturated/α-hetero) is 1. The molecule has 0 atom stereocenters. The van der Waals surface area contributed by atoms with Crippen LogP contribution in [0.3, 0.4) is 0 Å². The van der Waals surface area contributed by atoms with Gasteiger partial charge in [0.15, 0.2) is 0 Å². The Hall–Kier alpha value is -1.64. The molecule has 0 N–H and O–H groups in total. The van der Waals surface area contributed by atoms with Crippen molar-refractivity contribution in [1.82, 2.24) is 8.61 Å². The van der Waals surface area contributed by atoms with Crippen molar-refractivity contribution in [2.45, 2.75) is 101 Å². The third kappa shape index (κ3) is 6.03. The van der Waals surface area contributed by atoms with E-state index in [0.717, 1.165) is 14.7 Å². The fraction of sp³-hybridized carbons (Fsp3) is 0.667. The fourth-order valence-electron chi connectivity index (χ4n) is 3.91. The molecule has 7 nitrogen and oxygen atoms in total. The highest BCUT2D eigenvalue weighted by atomic mass is 32.2. The number of halogens is 5. The molecule has 0 amide bonds. The van der Waals surface area contributed by atoms with Crippen molar-refractivity contribution in [1.29, 1.82) is 0 Å². The van der Waals surface area contributed by atoms with Crippen LogP contribution in [-0.4, -0.2) is 67.5 Å². The number of rotatable bonds is 10. The van der Waals surface area contributed by atoms with Crippen LogP contribution in [0.15, 0.2) is 28.0 Å². The summed E-state index contributed by atoms with van der Waals surface area (Å²) < 4.78 is 122. The molecular weight excluding hydrogens is 519 g/mol. The summed E-state index contributed by atoms with van der Waals surface area (Å²) in [6.45, 7) is 11.9. The third-order valence-electron chi connectivity index (χ3n) is 5.00. The van der Waals surface area contributed by atoms with E-state index in [2.05, 4.69) is 0 Å². The predicted molar refractivity (Wildman–Crippen MR) is 120 cm³/mol. The summed E-state index contributed by atoms with van der Waals surface area (Å²) in [6.07, 6.45) is -6.34. The van der Waals surface area contributed by atoms with Gasteiger partial charge in [0.2, 0.25) is 25.8 Å². The zero-order valence-corrected chi connectivity index (χ0v) is 22.3. The van der Waals surface area contributed by atoms with Crippen molar-refractivity contribution in [2.75, 3.05) is 0 Å². The first-order chi connectivity index (χ1) is 15.5. The fourth-order valence-corrected chi connectivity index (χ4v) is 7.78. The van der Waals surface area contributed by atoms with Gasteiger partial charge in [0.1, 0.15) is 0 Å². The summed E-state index contributed by atoms with van der Waals surface area (Å²) in [4.78, 5) is 10.6. The largest absolute Gasteiger partial charge is 0.461 e. The van der Waals surface area contributed by atoms with Crippen LogP contribution in [0.4, 0.5) is 22.0 Å². The lowest BCUT2D eigenvalue weighted by atomic mass is 10.1. The first-order valence-corrected chi connectivity index (χ1v) is 13.6. The Morgan fingerprint density at radius 1 is 0.714 bits per heavy atom. The van der Waals surface area contributed by atoms with Crippen LogP contribution in [0, 0.1) is 0 Å². The Kier molecular flexibility index (Phi) is 9.31. The smallest absolute Gasteiger partial charge is 0.287 e. The molecule has 14 heteroatoms. The van der Waals surface area contributed by atoms with Crippen molar-refractivity contribution in [2.24, 2.45) is 0 Å². The molecule has 0 saturated carbocycles. The van der Waals surface area contributed by atoms with Crippen LogP contribution in [0.5, 0.6) is 0 Å². The number of alkyl halides is 5. The highest BCUT2D eigenvalue weighted by Crippen LogP contribution is 2.40. The molecule has 0 aliphatic heterocycles. The Morgan fingerprint density at radius 3 is 1.43 bits per heavy atom. The molecule has 0 aliphatic carbocycles. The number of hydrogen-bond donors (Lipinski definition) is 0. The van der Waals surface area contributed by atoms with Gasteiger partial charge in [-0.05, 0) is 73.6 Å². The van der Waals surface area contributed by atoms with Gasteiger partial charge >= 0.3 is 12.1 Å². The van der Waals surface area contributed by atoms with Crippen LogP contribution in [0.25, 0.3) is 0 Å². The molecular formula is C21H31F5N2O5S2. The standard InChI is InChI=1S/C21H31F5N2O5S2/c1-12(2)27(13(3)4)34(30,31)16-9-10-18(35(32,33)28(14(5)6)15(7)8)17(11-16)19(29)20(22,23)21(24,25)26/h9-15H,1-8H3. The van der Waals surface area contributed by atoms with Crippen LogP contribution in [0.2, 0.25) is 0 Å². The lowest BCUT2D eigenvalue weighted by Crippen LogP contribution is -2.46. The summed E-state index contributed by atoms with van der Waals surface area (Å²) in [5, 5.41) is 0. The van der Waals surface area contributed by atoms with E-state index in [1.165, 1.54) is 55.4 Å².